The van der Waals surface area contributed by atoms with Crippen LogP contribution in [0.15, 0.2) is 9.59 Å². The lowest BCUT2D eigenvalue weighted by Crippen LogP contribution is -2.49. The molecule has 194 valence electrons. The first-order chi connectivity index (χ1) is 16.1. The first kappa shape index (κ1) is 26.7. The monoisotopic (exact) mass is 509 g/mol. The second-order valence-corrected chi connectivity index (χ2v) is 11.4. The number of amides is 3. The molecule has 3 rings (SSSR count). The van der Waals surface area contributed by atoms with Gasteiger partial charge in [0.15, 0.2) is 0 Å². The van der Waals surface area contributed by atoms with E-state index in [0.717, 1.165) is 17.9 Å². The van der Waals surface area contributed by atoms with Crippen molar-refractivity contribution in [2.75, 3.05) is 6.61 Å². The third kappa shape index (κ3) is 5.87. The molecule has 1 aliphatic rings. The highest BCUT2D eigenvalue weighted by molar-refractivity contribution is 7.18. The highest BCUT2D eigenvalue weighted by atomic mass is 32.1. The fourth-order valence-electron chi connectivity index (χ4n) is 3.73. The number of fused-ring (bicyclic) bond motifs is 1. The van der Waals surface area contributed by atoms with Gasteiger partial charge in [-0.2, -0.15) is 0 Å². The van der Waals surface area contributed by atoms with Crippen molar-refractivity contribution in [3.63, 3.8) is 0 Å². The van der Waals surface area contributed by atoms with E-state index in [1.807, 2.05) is 20.8 Å². The van der Waals surface area contributed by atoms with E-state index in [2.05, 4.69) is 5.43 Å². The number of nitrogens with two attached hydrogens (primary N) is 1. The molecule has 0 spiro atoms. The summed E-state index contributed by atoms with van der Waals surface area (Å²) < 4.78 is 13.8. The van der Waals surface area contributed by atoms with Crippen molar-refractivity contribution in [2.24, 2.45) is 5.73 Å². The molecule has 3 N–H and O–H groups in total. The van der Waals surface area contributed by atoms with E-state index < -0.39 is 23.3 Å². The van der Waals surface area contributed by atoms with Gasteiger partial charge < -0.3 is 15.2 Å². The Labute approximate surface area is 207 Å². The molecule has 35 heavy (non-hydrogen) atoms. The maximum Gasteiger partial charge on any atom is 0.426 e. The zero-order valence-corrected chi connectivity index (χ0v) is 22.2. The summed E-state index contributed by atoms with van der Waals surface area (Å²) in [5.41, 5.74) is 6.49. The topological polar surface area (TPSA) is 138 Å². The lowest BCUT2D eigenvalue weighted by Gasteiger charge is -2.24. The van der Waals surface area contributed by atoms with Gasteiger partial charge in [-0.25, -0.2) is 24.8 Å². The summed E-state index contributed by atoms with van der Waals surface area (Å²) in [6, 6.07) is -0.890. The van der Waals surface area contributed by atoms with Crippen LogP contribution in [0, 0.1) is 6.92 Å². The van der Waals surface area contributed by atoms with Gasteiger partial charge in [-0.05, 0) is 66.9 Å². The number of thiophene rings is 1. The van der Waals surface area contributed by atoms with E-state index in [1.165, 1.54) is 15.9 Å². The second-order valence-electron chi connectivity index (χ2n) is 10.4. The molecule has 0 unspecified atom stereocenters. The van der Waals surface area contributed by atoms with Crippen LogP contribution in [-0.2, 0) is 28.1 Å². The van der Waals surface area contributed by atoms with Gasteiger partial charge in [0, 0.05) is 4.88 Å². The molecule has 12 heteroatoms. The summed E-state index contributed by atoms with van der Waals surface area (Å²) in [4.78, 5) is 52.3. The van der Waals surface area contributed by atoms with E-state index in [4.69, 9.17) is 15.2 Å². The number of nitrogens with zero attached hydrogens (tertiary/aromatic N) is 3. The molecule has 3 amide bonds. The smallest absolute Gasteiger partial charge is 0.426 e. The molecule has 0 aliphatic heterocycles. The summed E-state index contributed by atoms with van der Waals surface area (Å²) >= 11 is 1.22. The summed E-state index contributed by atoms with van der Waals surface area (Å²) in [7, 11) is 0. The average molecular weight is 510 g/mol. The number of carbonyl (C=O) groups excluding carboxylic acids is 2. The van der Waals surface area contributed by atoms with Crippen molar-refractivity contribution in [1.82, 2.24) is 19.6 Å². The number of primary amides is 1. The Hall–Kier alpha value is -2.86. The Morgan fingerprint density at radius 2 is 1.89 bits per heavy atom. The number of hydrogen-bond acceptors (Lipinski definition) is 7. The highest BCUT2D eigenvalue weighted by Crippen LogP contribution is 2.41. The van der Waals surface area contributed by atoms with Crippen LogP contribution in [-0.4, -0.2) is 44.6 Å². The second kappa shape index (κ2) is 9.65. The minimum atomic E-state index is -0.890. The normalized spacial score (nSPS) is 14.9. The number of carbonyl (C=O) groups is 2. The van der Waals surface area contributed by atoms with Gasteiger partial charge in [-0.1, -0.05) is 0 Å². The molecule has 0 atom stereocenters. The first-order valence-electron chi connectivity index (χ1n) is 11.6. The van der Waals surface area contributed by atoms with Crippen LogP contribution in [0.4, 0.5) is 9.59 Å². The minimum absolute atomic E-state index is 0.00302. The quantitative estimate of drug-likeness (QED) is 0.551. The predicted octanol–water partition coefficient (Wildman–Crippen LogP) is 2.79. The molecular weight excluding hydrogens is 474 g/mol. The predicted molar refractivity (Wildman–Crippen MR) is 134 cm³/mol. The van der Waals surface area contributed by atoms with Gasteiger partial charge in [0.2, 0.25) is 0 Å². The number of aryl methyl sites for hydroxylation is 1. The van der Waals surface area contributed by atoms with Crippen LogP contribution in [0.25, 0.3) is 10.2 Å². The Bertz CT molecular complexity index is 1250. The zero-order chi connectivity index (χ0) is 26.3. The molecular formula is C23H35N5O6S. The molecule has 0 radical (unpaired) electrons. The Kier molecular flexibility index (Phi) is 7.37. The van der Waals surface area contributed by atoms with Gasteiger partial charge in [0.1, 0.15) is 10.4 Å². The Morgan fingerprint density at radius 1 is 1.26 bits per heavy atom. The third-order valence-corrected chi connectivity index (χ3v) is 7.08. The fourth-order valence-corrected chi connectivity index (χ4v) is 5.03. The Balaban J connectivity index is 2.06. The molecule has 2 aromatic rings. The number of hydrogen-bond donors (Lipinski definition) is 2. The van der Waals surface area contributed by atoms with Crippen molar-refractivity contribution in [3.8, 4) is 0 Å². The number of hydrazine groups is 1. The lowest BCUT2D eigenvalue weighted by molar-refractivity contribution is 0.0376. The summed E-state index contributed by atoms with van der Waals surface area (Å²) in [6.07, 6.45) is 0.668. The molecule has 0 aromatic carbocycles. The van der Waals surface area contributed by atoms with Crippen molar-refractivity contribution in [3.05, 3.63) is 31.3 Å². The molecule has 0 bridgehead atoms. The number of nitrogens with one attached hydrogen (secondary N) is 1. The first-order valence-corrected chi connectivity index (χ1v) is 12.4. The van der Waals surface area contributed by atoms with E-state index in [9.17, 15) is 19.2 Å². The van der Waals surface area contributed by atoms with Gasteiger partial charge in [0.25, 0.3) is 5.56 Å². The highest BCUT2D eigenvalue weighted by Gasteiger charge is 2.43. The van der Waals surface area contributed by atoms with E-state index >= 15 is 0 Å². The zero-order valence-electron chi connectivity index (χ0n) is 21.4. The van der Waals surface area contributed by atoms with Crippen molar-refractivity contribution in [1.29, 1.82) is 0 Å². The van der Waals surface area contributed by atoms with Crippen LogP contribution in [0.2, 0.25) is 0 Å². The van der Waals surface area contributed by atoms with Crippen LogP contribution >= 0.6 is 11.3 Å². The number of rotatable bonds is 7. The number of urea groups is 1. The molecule has 1 saturated carbocycles. The van der Waals surface area contributed by atoms with Crippen LogP contribution < -0.4 is 22.4 Å². The lowest BCUT2D eigenvalue weighted by atomic mass is 10.2. The van der Waals surface area contributed by atoms with Crippen LogP contribution in [0.5, 0.6) is 0 Å². The molecule has 1 aliphatic carbocycles. The minimum Gasteiger partial charge on any atom is -0.443 e. The molecule has 2 heterocycles. The standard InChI is InChI=1S/C23H35N5O6S/c1-13(2)33-11-10-26-18-16(17(29)28(21(26)32)23(7)8-9-23)14(3)15(35-18)12-27(19(24)30)25-20(31)34-22(4,5)6/h13H,8-12H2,1-7H3,(H2,24,30)(H,25,31). The van der Waals surface area contributed by atoms with Gasteiger partial charge in [0.05, 0.1) is 36.7 Å². The largest absolute Gasteiger partial charge is 0.443 e. The van der Waals surface area contributed by atoms with Crippen LogP contribution in [0.1, 0.15) is 64.8 Å². The summed E-state index contributed by atoms with van der Waals surface area (Å²) in [5.74, 6) is 0. The SMILES string of the molecule is Cc1c(CN(NC(=O)OC(C)(C)C)C(N)=O)sc2c1c(=O)n(C1(C)CC1)c(=O)n2CCOC(C)C. The van der Waals surface area contributed by atoms with E-state index in [0.29, 0.717) is 27.3 Å². The van der Waals surface area contributed by atoms with Gasteiger partial charge in [-0.15, -0.1) is 11.3 Å². The van der Waals surface area contributed by atoms with E-state index in [1.54, 1.807) is 32.3 Å². The maximum atomic E-state index is 13.5. The molecule has 1 fully saturated rings. The van der Waals surface area contributed by atoms with Gasteiger partial charge in [-0.3, -0.25) is 13.9 Å². The number of ether oxygens (including phenoxy) is 2. The average Bonchev–Trinajstić information content (AvgIpc) is 3.35. The van der Waals surface area contributed by atoms with Crippen molar-refractivity contribution in [2.45, 2.75) is 91.6 Å². The molecule has 0 saturated heterocycles. The number of aromatic nitrogens is 2. The Morgan fingerprint density at radius 3 is 2.40 bits per heavy atom. The van der Waals surface area contributed by atoms with Crippen molar-refractivity contribution < 1.29 is 19.1 Å². The summed E-state index contributed by atoms with van der Waals surface area (Å²) in [6.45, 7) is 13.1. The molecule has 2 aromatic heterocycles. The fraction of sp³-hybridized carbons (Fsp3) is 0.652. The molecule has 11 nitrogen and oxygen atoms in total. The van der Waals surface area contributed by atoms with Crippen molar-refractivity contribution >= 4 is 33.7 Å². The van der Waals surface area contributed by atoms with Gasteiger partial charge >= 0.3 is 17.8 Å². The maximum absolute atomic E-state index is 13.5. The van der Waals surface area contributed by atoms with E-state index in [-0.39, 0.29) is 30.4 Å². The summed E-state index contributed by atoms with van der Waals surface area (Å²) in [5, 5.41) is 1.35. The third-order valence-electron chi connectivity index (χ3n) is 5.78. The van der Waals surface area contributed by atoms with Crippen LogP contribution in [0.3, 0.4) is 0 Å².